The molecule has 1 saturated heterocycles. The van der Waals surface area contributed by atoms with Crippen LogP contribution in [0.25, 0.3) is 0 Å². The Morgan fingerprint density at radius 3 is 2.50 bits per heavy atom. The van der Waals surface area contributed by atoms with Crippen LogP contribution in [0.15, 0.2) is 18.2 Å². The monoisotopic (exact) mass is 280 g/mol. The molecule has 1 unspecified atom stereocenters. The fourth-order valence-electron chi connectivity index (χ4n) is 2.03. The summed E-state index contributed by atoms with van der Waals surface area (Å²) in [7, 11) is 1.73. The Kier molecular flexibility index (Phi) is 5.67. The van der Waals surface area contributed by atoms with Crippen LogP contribution in [0.5, 0.6) is 0 Å². The van der Waals surface area contributed by atoms with Crippen LogP contribution in [-0.4, -0.2) is 24.9 Å². The SMILES string of the molecule is CC.Cc1ccc(N(C)C2CCC(=O)NC2=O)cc1F. The van der Waals surface area contributed by atoms with Gasteiger partial charge in [-0.1, -0.05) is 19.9 Å². The van der Waals surface area contributed by atoms with Crippen LogP contribution >= 0.6 is 0 Å². The van der Waals surface area contributed by atoms with E-state index < -0.39 is 6.04 Å². The zero-order valence-electron chi connectivity index (χ0n) is 12.4. The van der Waals surface area contributed by atoms with Crippen molar-refractivity contribution in [1.29, 1.82) is 0 Å². The molecule has 2 rings (SSSR count). The number of carbonyl (C=O) groups excluding carboxylic acids is 2. The number of rotatable bonds is 2. The number of anilines is 1. The molecule has 1 aromatic carbocycles. The highest BCUT2D eigenvalue weighted by atomic mass is 19.1. The molecule has 1 aliphatic rings. The maximum atomic E-state index is 13.5. The largest absolute Gasteiger partial charge is 0.363 e. The van der Waals surface area contributed by atoms with Gasteiger partial charge in [-0.3, -0.25) is 14.9 Å². The molecule has 1 aromatic rings. The van der Waals surface area contributed by atoms with Gasteiger partial charge in [0, 0.05) is 19.2 Å². The standard InChI is InChI=1S/C13H15FN2O2.C2H6/c1-8-3-4-9(7-10(8)14)16(2)11-5-6-12(17)15-13(11)18;1-2/h3-4,7,11H,5-6H2,1-2H3,(H,15,17,18);1-2H3. The summed E-state index contributed by atoms with van der Waals surface area (Å²) in [5.74, 6) is -0.874. The van der Waals surface area contributed by atoms with E-state index >= 15 is 0 Å². The van der Waals surface area contributed by atoms with Crippen LogP contribution in [-0.2, 0) is 9.59 Å². The van der Waals surface area contributed by atoms with Crippen molar-refractivity contribution in [3.8, 4) is 0 Å². The van der Waals surface area contributed by atoms with Gasteiger partial charge >= 0.3 is 0 Å². The molecule has 1 atom stereocenters. The molecule has 1 heterocycles. The summed E-state index contributed by atoms with van der Waals surface area (Å²) in [5.41, 5.74) is 1.20. The lowest BCUT2D eigenvalue weighted by atomic mass is 10.0. The van der Waals surface area contributed by atoms with Crippen molar-refractivity contribution in [2.45, 2.75) is 39.7 Å². The molecule has 2 amide bonds. The molecule has 20 heavy (non-hydrogen) atoms. The maximum Gasteiger partial charge on any atom is 0.249 e. The van der Waals surface area contributed by atoms with Gasteiger partial charge in [0.2, 0.25) is 11.8 Å². The minimum Gasteiger partial charge on any atom is -0.363 e. The van der Waals surface area contributed by atoms with Crippen LogP contribution in [0.1, 0.15) is 32.3 Å². The van der Waals surface area contributed by atoms with Crippen molar-refractivity contribution in [3.63, 3.8) is 0 Å². The lowest BCUT2D eigenvalue weighted by Crippen LogP contribution is -2.51. The molecular weight excluding hydrogens is 259 g/mol. The average Bonchev–Trinajstić information content (AvgIpc) is 2.43. The number of piperidine rings is 1. The summed E-state index contributed by atoms with van der Waals surface area (Å²) in [6.07, 6.45) is 0.770. The number of nitrogens with zero attached hydrogens (tertiary/aromatic N) is 1. The number of likely N-dealkylation sites (N-methyl/N-ethyl adjacent to an activating group) is 1. The molecule has 0 bridgehead atoms. The number of nitrogens with one attached hydrogen (secondary N) is 1. The molecule has 0 radical (unpaired) electrons. The Morgan fingerprint density at radius 1 is 1.30 bits per heavy atom. The third kappa shape index (κ3) is 3.56. The zero-order chi connectivity index (χ0) is 15.3. The summed E-state index contributed by atoms with van der Waals surface area (Å²) in [6, 6.07) is 4.42. The molecule has 1 aliphatic heterocycles. The minimum atomic E-state index is -0.426. The van der Waals surface area contributed by atoms with E-state index in [-0.39, 0.29) is 17.6 Å². The molecule has 0 aliphatic carbocycles. The summed E-state index contributed by atoms with van der Waals surface area (Å²) in [4.78, 5) is 24.5. The lowest BCUT2D eigenvalue weighted by Gasteiger charge is -2.31. The van der Waals surface area contributed by atoms with Gasteiger partial charge < -0.3 is 4.90 Å². The van der Waals surface area contributed by atoms with Crippen molar-refractivity contribution in [2.75, 3.05) is 11.9 Å². The minimum absolute atomic E-state index is 0.250. The Bertz CT molecular complexity index is 503. The Labute approximate surface area is 119 Å². The van der Waals surface area contributed by atoms with E-state index in [2.05, 4.69) is 5.32 Å². The van der Waals surface area contributed by atoms with Gasteiger partial charge in [-0.2, -0.15) is 0 Å². The first kappa shape index (κ1) is 16.1. The lowest BCUT2D eigenvalue weighted by molar-refractivity contribution is -0.134. The molecule has 5 heteroatoms. The van der Waals surface area contributed by atoms with Gasteiger partial charge in [-0.05, 0) is 31.0 Å². The number of hydrogen-bond donors (Lipinski definition) is 1. The van der Waals surface area contributed by atoms with Crippen LogP contribution in [0.4, 0.5) is 10.1 Å². The van der Waals surface area contributed by atoms with Crippen molar-refractivity contribution < 1.29 is 14.0 Å². The van der Waals surface area contributed by atoms with E-state index in [9.17, 15) is 14.0 Å². The van der Waals surface area contributed by atoms with E-state index in [1.807, 2.05) is 13.8 Å². The smallest absolute Gasteiger partial charge is 0.249 e. The van der Waals surface area contributed by atoms with Gasteiger partial charge in [-0.15, -0.1) is 0 Å². The summed E-state index contributed by atoms with van der Waals surface area (Å²) in [5, 5.41) is 2.29. The van der Waals surface area contributed by atoms with Gasteiger partial charge in [-0.25, -0.2) is 4.39 Å². The summed E-state index contributed by atoms with van der Waals surface area (Å²) < 4.78 is 13.5. The molecular formula is C15H21FN2O2. The summed E-state index contributed by atoms with van der Waals surface area (Å²) in [6.45, 7) is 5.69. The number of carbonyl (C=O) groups is 2. The van der Waals surface area contributed by atoms with Gasteiger partial charge in [0.1, 0.15) is 11.9 Å². The van der Waals surface area contributed by atoms with E-state index in [0.717, 1.165) is 0 Å². The number of halogens is 1. The second-order valence-electron chi connectivity index (χ2n) is 4.51. The topological polar surface area (TPSA) is 49.4 Å². The average molecular weight is 280 g/mol. The maximum absolute atomic E-state index is 13.5. The molecule has 1 N–H and O–H groups in total. The van der Waals surface area contributed by atoms with E-state index in [4.69, 9.17) is 0 Å². The fourth-order valence-corrected chi connectivity index (χ4v) is 2.03. The predicted octanol–water partition coefficient (Wildman–Crippen LogP) is 2.40. The fraction of sp³-hybridized carbons (Fsp3) is 0.467. The number of aryl methyl sites for hydroxylation is 1. The second-order valence-corrected chi connectivity index (χ2v) is 4.51. The summed E-state index contributed by atoms with van der Waals surface area (Å²) >= 11 is 0. The van der Waals surface area contributed by atoms with Crippen LogP contribution in [0, 0.1) is 12.7 Å². The first-order chi connectivity index (χ1) is 9.49. The quantitative estimate of drug-likeness (QED) is 0.846. The normalized spacial score (nSPS) is 17.9. The first-order valence-electron chi connectivity index (χ1n) is 6.81. The van der Waals surface area contributed by atoms with Crippen molar-refractivity contribution in [1.82, 2.24) is 5.32 Å². The van der Waals surface area contributed by atoms with E-state index in [1.54, 1.807) is 31.0 Å². The Hall–Kier alpha value is -1.91. The third-order valence-electron chi connectivity index (χ3n) is 3.24. The number of amides is 2. The molecule has 4 nitrogen and oxygen atoms in total. The van der Waals surface area contributed by atoms with E-state index in [1.165, 1.54) is 6.07 Å². The van der Waals surface area contributed by atoms with E-state index in [0.29, 0.717) is 24.1 Å². The molecule has 0 spiro atoms. The van der Waals surface area contributed by atoms with Gasteiger partial charge in [0.25, 0.3) is 0 Å². The van der Waals surface area contributed by atoms with Gasteiger partial charge in [0.15, 0.2) is 0 Å². The number of benzene rings is 1. The van der Waals surface area contributed by atoms with Crippen LogP contribution in [0.2, 0.25) is 0 Å². The van der Waals surface area contributed by atoms with Crippen LogP contribution in [0.3, 0.4) is 0 Å². The number of imide groups is 1. The van der Waals surface area contributed by atoms with Crippen LogP contribution < -0.4 is 10.2 Å². The van der Waals surface area contributed by atoms with Crippen molar-refractivity contribution in [3.05, 3.63) is 29.6 Å². The Morgan fingerprint density at radius 2 is 1.95 bits per heavy atom. The Balaban J connectivity index is 0.000000956. The highest BCUT2D eigenvalue weighted by molar-refractivity contribution is 6.01. The van der Waals surface area contributed by atoms with Crippen molar-refractivity contribution in [2.24, 2.45) is 0 Å². The third-order valence-corrected chi connectivity index (χ3v) is 3.24. The molecule has 1 fully saturated rings. The second kappa shape index (κ2) is 7.03. The predicted molar refractivity (Wildman–Crippen MR) is 77.1 cm³/mol. The number of hydrogen-bond acceptors (Lipinski definition) is 3. The molecule has 0 saturated carbocycles. The highest BCUT2D eigenvalue weighted by Crippen LogP contribution is 2.22. The van der Waals surface area contributed by atoms with Crippen molar-refractivity contribution >= 4 is 17.5 Å². The first-order valence-corrected chi connectivity index (χ1v) is 6.81. The zero-order valence-corrected chi connectivity index (χ0v) is 12.4. The molecule has 0 aromatic heterocycles. The highest BCUT2D eigenvalue weighted by Gasteiger charge is 2.30. The molecule has 110 valence electrons. The van der Waals surface area contributed by atoms with Gasteiger partial charge in [0.05, 0.1) is 0 Å².